The van der Waals surface area contributed by atoms with Crippen LogP contribution >= 0.6 is 0 Å². The van der Waals surface area contributed by atoms with E-state index in [1.54, 1.807) is 12.3 Å². The second kappa shape index (κ2) is 9.97. The van der Waals surface area contributed by atoms with Gasteiger partial charge in [0.2, 0.25) is 5.91 Å². The van der Waals surface area contributed by atoms with Gasteiger partial charge in [0.25, 0.3) is 0 Å². The second-order valence-corrected chi connectivity index (χ2v) is 10.9. The number of benzene rings is 2. The molecule has 0 atom stereocenters. The van der Waals surface area contributed by atoms with Crippen molar-refractivity contribution < 1.29 is 17.6 Å². The number of halogens is 1. The van der Waals surface area contributed by atoms with Crippen LogP contribution in [0.5, 0.6) is 0 Å². The van der Waals surface area contributed by atoms with Crippen molar-refractivity contribution >= 4 is 49.2 Å². The van der Waals surface area contributed by atoms with E-state index in [0.717, 1.165) is 39.4 Å². The number of fused-ring (bicyclic) bond motifs is 2. The van der Waals surface area contributed by atoms with E-state index in [4.69, 9.17) is 0 Å². The summed E-state index contributed by atoms with van der Waals surface area (Å²) in [4.78, 5) is 20.6. The molecule has 2 aromatic carbocycles. The maximum atomic E-state index is 13.6. The lowest BCUT2D eigenvalue weighted by atomic mass is 10.2. The number of amides is 1. The van der Waals surface area contributed by atoms with Gasteiger partial charge in [0.1, 0.15) is 23.4 Å². The lowest BCUT2D eigenvalue weighted by molar-refractivity contribution is -0.118. The summed E-state index contributed by atoms with van der Waals surface area (Å²) in [6.45, 7) is 1.12. The molecular weight excluding hydrogens is 497 g/mol. The zero-order chi connectivity index (χ0) is 26.0. The van der Waals surface area contributed by atoms with Crippen molar-refractivity contribution in [2.45, 2.75) is 13.1 Å². The molecular formula is C25H24FN7O3S. The van der Waals surface area contributed by atoms with Crippen LogP contribution in [0, 0.1) is 5.82 Å². The largest absolute Gasteiger partial charge is 0.353 e. The highest BCUT2D eigenvalue weighted by Crippen LogP contribution is 2.26. The molecule has 5 aromatic rings. The summed E-state index contributed by atoms with van der Waals surface area (Å²) in [6.07, 6.45) is 6.09. The first-order chi connectivity index (χ1) is 17.7. The van der Waals surface area contributed by atoms with Crippen LogP contribution in [0.25, 0.3) is 21.9 Å². The Morgan fingerprint density at radius 1 is 1.11 bits per heavy atom. The minimum absolute atomic E-state index is 0.253. The Balaban J connectivity index is 1.33. The molecule has 2 N–H and O–H groups in total. The molecule has 0 aliphatic rings. The molecule has 3 heterocycles. The molecule has 37 heavy (non-hydrogen) atoms. The topological polar surface area (TPSA) is 124 Å². The van der Waals surface area contributed by atoms with Crippen LogP contribution in [0.15, 0.2) is 67.3 Å². The van der Waals surface area contributed by atoms with Crippen molar-refractivity contribution in [3.05, 3.63) is 78.6 Å². The predicted molar refractivity (Wildman–Crippen MR) is 139 cm³/mol. The highest BCUT2D eigenvalue weighted by molar-refractivity contribution is 7.91. The minimum atomic E-state index is -3.39. The molecule has 0 spiro atoms. The number of aromatic nitrogens is 5. The molecule has 10 nitrogen and oxygen atoms in total. The number of hydrogen-bond donors (Lipinski definition) is 2. The van der Waals surface area contributed by atoms with Crippen LogP contribution in [0.1, 0.15) is 5.56 Å². The Labute approximate surface area is 212 Å². The van der Waals surface area contributed by atoms with Gasteiger partial charge in [-0.25, -0.2) is 22.8 Å². The molecule has 0 saturated carbocycles. The van der Waals surface area contributed by atoms with E-state index < -0.39 is 21.5 Å². The third-order valence-corrected chi connectivity index (χ3v) is 6.53. The zero-order valence-electron chi connectivity index (χ0n) is 19.9. The summed E-state index contributed by atoms with van der Waals surface area (Å²) in [7, 11) is -3.39. The van der Waals surface area contributed by atoms with Crippen LogP contribution in [-0.2, 0) is 27.7 Å². The molecule has 5 rings (SSSR count). The first kappa shape index (κ1) is 24.4. The molecule has 1 amide bonds. The van der Waals surface area contributed by atoms with Crippen molar-refractivity contribution in [3.63, 3.8) is 0 Å². The number of anilines is 2. The summed E-state index contributed by atoms with van der Waals surface area (Å²) >= 11 is 0. The van der Waals surface area contributed by atoms with Crippen LogP contribution in [0.2, 0.25) is 0 Å². The maximum absolute atomic E-state index is 13.6. The van der Waals surface area contributed by atoms with E-state index in [2.05, 4.69) is 25.7 Å². The molecule has 0 unspecified atom stereocenters. The van der Waals surface area contributed by atoms with Gasteiger partial charge in [0, 0.05) is 36.6 Å². The molecule has 12 heteroatoms. The molecule has 3 aromatic heterocycles. The van der Waals surface area contributed by atoms with E-state index in [0.29, 0.717) is 18.9 Å². The monoisotopic (exact) mass is 521 g/mol. The van der Waals surface area contributed by atoms with Gasteiger partial charge in [-0.3, -0.25) is 9.48 Å². The molecule has 0 aliphatic carbocycles. The fraction of sp³-hybridized carbons (Fsp3) is 0.200. The lowest BCUT2D eigenvalue weighted by Gasteiger charge is -2.11. The van der Waals surface area contributed by atoms with Crippen molar-refractivity contribution in [1.29, 1.82) is 0 Å². The van der Waals surface area contributed by atoms with Gasteiger partial charge in [-0.05, 0) is 42.0 Å². The minimum Gasteiger partial charge on any atom is -0.353 e. The molecule has 0 fully saturated rings. The number of nitrogens with zero attached hydrogens (tertiary/aromatic N) is 5. The van der Waals surface area contributed by atoms with Crippen LogP contribution in [0.3, 0.4) is 0 Å². The van der Waals surface area contributed by atoms with Crippen molar-refractivity contribution in [2.24, 2.45) is 0 Å². The molecule has 0 radical (unpaired) electrons. The lowest BCUT2D eigenvalue weighted by Crippen LogP contribution is -2.32. The Kier molecular flexibility index (Phi) is 6.57. The number of nitrogens with one attached hydrogen (secondary N) is 2. The predicted octanol–water partition coefficient (Wildman–Crippen LogP) is 2.87. The third-order valence-electron chi connectivity index (χ3n) is 5.74. The summed E-state index contributed by atoms with van der Waals surface area (Å²) in [5.41, 5.74) is 4.01. The van der Waals surface area contributed by atoms with Gasteiger partial charge >= 0.3 is 0 Å². The van der Waals surface area contributed by atoms with E-state index in [-0.39, 0.29) is 12.4 Å². The van der Waals surface area contributed by atoms with Crippen LogP contribution in [-0.4, -0.2) is 57.2 Å². The van der Waals surface area contributed by atoms with Gasteiger partial charge in [0.15, 0.2) is 15.7 Å². The SMILES string of the molecule is CS(=O)(=O)CC(=O)NCCn1ccc2ncnc(Nc3ccc4c(cnn4Cc4cccc(F)c4)c3)c21. The third kappa shape index (κ3) is 5.75. The average Bonchev–Trinajstić information content (AvgIpc) is 3.43. The van der Waals surface area contributed by atoms with E-state index >= 15 is 0 Å². The number of carbonyl (C=O) groups excluding carboxylic acids is 1. The maximum Gasteiger partial charge on any atom is 0.235 e. The van der Waals surface area contributed by atoms with Crippen LogP contribution in [0.4, 0.5) is 15.9 Å². The molecule has 0 saturated heterocycles. The first-order valence-corrected chi connectivity index (χ1v) is 13.5. The van der Waals surface area contributed by atoms with Gasteiger partial charge in [0.05, 0.1) is 23.8 Å². The number of sulfone groups is 1. The summed E-state index contributed by atoms with van der Waals surface area (Å²) < 4.78 is 39.9. The van der Waals surface area contributed by atoms with Gasteiger partial charge in [-0.15, -0.1) is 0 Å². The van der Waals surface area contributed by atoms with Crippen molar-refractivity contribution in [2.75, 3.05) is 23.9 Å². The van der Waals surface area contributed by atoms with Gasteiger partial charge in [-0.2, -0.15) is 5.10 Å². The van der Waals surface area contributed by atoms with Gasteiger partial charge < -0.3 is 15.2 Å². The Morgan fingerprint density at radius 3 is 2.78 bits per heavy atom. The highest BCUT2D eigenvalue weighted by atomic mass is 32.2. The van der Waals surface area contributed by atoms with Crippen molar-refractivity contribution in [1.82, 2.24) is 29.6 Å². The molecule has 0 aliphatic heterocycles. The quantitative estimate of drug-likeness (QED) is 0.306. The van der Waals surface area contributed by atoms with Crippen molar-refractivity contribution in [3.8, 4) is 0 Å². The standard InChI is InChI=1S/C25H24FN7O3S/c1-37(35,36)15-23(34)27-8-10-32-9-7-21-24(32)25(29-16-28-21)31-20-5-6-22-18(12-20)13-30-33(22)14-17-3-2-4-19(26)11-17/h2-7,9,11-13,16H,8,10,14-15H2,1H3,(H,27,34)(H,28,29,31). The summed E-state index contributed by atoms with van der Waals surface area (Å²) in [6, 6.07) is 14.1. The summed E-state index contributed by atoms with van der Waals surface area (Å²) in [5.74, 6) is -0.780. The first-order valence-electron chi connectivity index (χ1n) is 11.5. The molecule has 190 valence electrons. The number of hydrogen-bond acceptors (Lipinski definition) is 7. The zero-order valence-corrected chi connectivity index (χ0v) is 20.7. The highest BCUT2D eigenvalue weighted by Gasteiger charge is 2.13. The van der Waals surface area contributed by atoms with E-state index in [1.807, 2.05) is 45.8 Å². The Bertz CT molecular complexity index is 1710. The van der Waals surface area contributed by atoms with E-state index in [1.165, 1.54) is 18.5 Å². The van der Waals surface area contributed by atoms with E-state index in [9.17, 15) is 17.6 Å². The fourth-order valence-electron chi connectivity index (χ4n) is 4.15. The Hall–Kier alpha value is -4.32. The molecule has 0 bridgehead atoms. The normalized spacial score (nSPS) is 11.7. The second-order valence-electron chi connectivity index (χ2n) is 8.72. The Morgan fingerprint density at radius 2 is 1.97 bits per heavy atom. The fourth-order valence-corrected chi connectivity index (χ4v) is 4.73. The smallest absolute Gasteiger partial charge is 0.235 e. The number of rotatable bonds is 9. The summed E-state index contributed by atoms with van der Waals surface area (Å²) in [5, 5.41) is 11.3. The van der Waals surface area contributed by atoms with Gasteiger partial charge in [-0.1, -0.05) is 12.1 Å². The average molecular weight is 522 g/mol. The van der Waals surface area contributed by atoms with Crippen LogP contribution < -0.4 is 10.6 Å². The number of carbonyl (C=O) groups is 1.